The second-order valence-electron chi connectivity index (χ2n) is 7.98. The highest BCUT2D eigenvalue weighted by Crippen LogP contribution is 2.34. The molecule has 29 heavy (non-hydrogen) atoms. The number of carbonyl (C=O) groups is 2. The van der Waals surface area contributed by atoms with Crippen LogP contribution in [0.2, 0.25) is 0 Å². The van der Waals surface area contributed by atoms with Gasteiger partial charge in [-0.3, -0.25) is 9.59 Å². The number of nitrogens with zero attached hydrogens (tertiary/aromatic N) is 1. The summed E-state index contributed by atoms with van der Waals surface area (Å²) in [6, 6.07) is 15.9. The summed E-state index contributed by atoms with van der Waals surface area (Å²) in [6.07, 6.45) is 4.07. The van der Waals surface area contributed by atoms with Crippen molar-refractivity contribution in [3.05, 3.63) is 59.7 Å². The van der Waals surface area contributed by atoms with Gasteiger partial charge in [0.1, 0.15) is 5.75 Å². The van der Waals surface area contributed by atoms with E-state index in [0.29, 0.717) is 6.54 Å². The van der Waals surface area contributed by atoms with Crippen LogP contribution in [0, 0.1) is 11.8 Å². The van der Waals surface area contributed by atoms with Crippen molar-refractivity contribution in [1.29, 1.82) is 0 Å². The summed E-state index contributed by atoms with van der Waals surface area (Å²) in [4.78, 5) is 27.5. The lowest BCUT2D eigenvalue weighted by Gasteiger charge is -2.30. The number of ether oxygens (including phenoxy) is 1. The zero-order chi connectivity index (χ0) is 20.2. The molecule has 0 unspecified atom stereocenters. The smallest absolute Gasteiger partial charge is 0.230 e. The van der Waals surface area contributed by atoms with E-state index in [1.165, 1.54) is 5.56 Å². The van der Waals surface area contributed by atoms with Gasteiger partial charge in [-0.2, -0.15) is 0 Å². The lowest BCUT2D eigenvalue weighted by atomic mass is 9.81. The van der Waals surface area contributed by atoms with Crippen LogP contribution in [0.3, 0.4) is 0 Å². The maximum atomic E-state index is 13.0. The minimum Gasteiger partial charge on any atom is -0.497 e. The molecule has 2 aliphatic rings. The molecule has 1 saturated carbocycles. The average Bonchev–Trinajstić information content (AvgIpc) is 3.21. The van der Waals surface area contributed by atoms with Gasteiger partial charge in [0.15, 0.2) is 0 Å². The van der Waals surface area contributed by atoms with Crippen LogP contribution in [0.15, 0.2) is 48.5 Å². The molecule has 152 valence electrons. The summed E-state index contributed by atoms with van der Waals surface area (Å²) in [6.45, 7) is 1.30. The Bertz CT molecular complexity index is 870. The van der Waals surface area contributed by atoms with Gasteiger partial charge in [-0.05, 0) is 61.4 Å². The van der Waals surface area contributed by atoms with Gasteiger partial charge in [-0.15, -0.1) is 0 Å². The molecule has 0 atom stereocenters. The van der Waals surface area contributed by atoms with Gasteiger partial charge in [-0.25, -0.2) is 0 Å². The number of hydrogen-bond acceptors (Lipinski definition) is 3. The zero-order valence-corrected chi connectivity index (χ0v) is 16.9. The Kier molecular flexibility index (Phi) is 5.84. The minimum absolute atomic E-state index is 0.00293. The van der Waals surface area contributed by atoms with Gasteiger partial charge in [0, 0.05) is 30.6 Å². The third-order valence-corrected chi connectivity index (χ3v) is 6.23. The standard InChI is InChI=1S/C24H28N2O3/c1-29-21-12-6-17(7-13-21)16-25-23(27)19-8-10-20(11-9-19)24(28)26-15-14-18-4-2-3-5-22(18)26/h2-7,12-13,19-20H,8-11,14-16H2,1H3,(H,25,27). The molecule has 0 bridgehead atoms. The van der Waals surface area contributed by atoms with E-state index in [1.54, 1.807) is 7.11 Å². The number of benzene rings is 2. The number of fused-ring (bicyclic) bond motifs is 1. The van der Waals surface area contributed by atoms with E-state index in [0.717, 1.165) is 55.6 Å². The van der Waals surface area contributed by atoms with Gasteiger partial charge in [0.2, 0.25) is 11.8 Å². The Labute approximate surface area is 172 Å². The molecule has 1 aliphatic heterocycles. The van der Waals surface area contributed by atoms with E-state index in [9.17, 15) is 9.59 Å². The van der Waals surface area contributed by atoms with Gasteiger partial charge < -0.3 is 15.0 Å². The number of methoxy groups -OCH3 is 1. The summed E-state index contributed by atoms with van der Waals surface area (Å²) < 4.78 is 5.16. The first kappa shape index (κ1) is 19.5. The molecule has 2 aromatic carbocycles. The Morgan fingerprint density at radius 3 is 2.41 bits per heavy atom. The Hall–Kier alpha value is -2.82. The quantitative estimate of drug-likeness (QED) is 0.844. The highest BCUT2D eigenvalue weighted by atomic mass is 16.5. The Morgan fingerprint density at radius 1 is 1.00 bits per heavy atom. The predicted octanol–water partition coefficient (Wildman–Crippen LogP) is 3.71. The fraction of sp³-hybridized carbons (Fsp3) is 0.417. The Morgan fingerprint density at radius 2 is 1.69 bits per heavy atom. The number of nitrogens with one attached hydrogen (secondary N) is 1. The first-order valence-corrected chi connectivity index (χ1v) is 10.5. The predicted molar refractivity (Wildman–Crippen MR) is 113 cm³/mol. The molecule has 5 heteroatoms. The summed E-state index contributed by atoms with van der Waals surface area (Å²) in [5, 5.41) is 3.04. The molecule has 0 saturated heterocycles. The van der Waals surface area contributed by atoms with Crippen LogP contribution in [-0.4, -0.2) is 25.5 Å². The number of anilines is 1. The summed E-state index contributed by atoms with van der Waals surface area (Å²) in [7, 11) is 1.64. The first-order chi connectivity index (χ1) is 14.2. The zero-order valence-electron chi connectivity index (χ0n) is 16.9. The van der Waals surface area contributed by atoms with E-state index in [4.69, 9.17) is 4.74 Å². The molecule has 2 aromatic rings. The molecule has 1 N–H and O–H groups in total. The van der Waals surface area contributed by atoms with Crippen LogP contribution < -0.4 is 15.0 Å². The summed E-state index contributed by atoms with van der Waals surface area (Å²) in [5.41, 5.74) is 3.38. The normalized spacial score (nSPS) is 20.8. The molecule has 0 aromatic heterocycles. The molecule has 1 aliphatic carbocycles. The highest BCUT2D eigenvalue weighted by molar-refractivity contribution is 5.97. The monoisotopic (exact) mass is 392 g/mol. The highest BCUT2D eigenvalue weighted by Gasteiger charge is 2.34. The third-order valence-electron chi connectivity index (χ3n) is 6.23. The van der Waals surface area contributed by atoms with Crippen molar-refractivity contribution < 1.29 is 14.3 Å². The molecule has 2 amide bonds. The van der Waals surface area contributed by atoms with Crippen molar-refractivity contribution in [3.63, 3.8) is 0 Å². The van der Waals surface area contributed by atoms with Gasteiger partial charge in [0.25, 0.3) is 0 Å². The fourth-order valence-electron chi connectivity index (χ4n) is 4.47. The lowest BCUT2D eigenvalue weighted by molar-refractivity contribution is -0.129. The number of carbonyl (C=O) groups excluding carboxylic acids is 2. The molecule has 1 heterocycles. The second-order valence-corrected chi connectivity index (χ2v) is 7.98. The van der Waals surface area contributed by atoms with Crippen molar-refractivity contribution in [1.82, 2.24) is 5.32 Å². The van der Waals surface area contributed by atoms with Crippen LogP contribution in [0.4, 0.5) is 5.69 Å². The third kappa shape index (κ3) is 4.29. The number of para-hydroxylation sites is 1. The van der Waals surface area contributed by atoms with Gasteiger partial charge >= 0.3 is 0 Å². The SMILES string of the molecule is COc1ccc(CNC(=O)C2CCC(C(=O)N3CCc4ccccc43)CC2)cc1. The Balaban J connectivity index is 1.26. The van der Waals surface area contributed by atoms with Crippen LogP contribution >= 0.6 is 0 Å². The van der Waals surface area contributed by atoms with Crippen LogP contribution in [-0.2, 0) is 22.6 Å². The van der Waals surface area contributed by atoms with Crippen molar-refractivity contribution >= 4 is 17.5 Å². The summed E-state index contributed by atoms with van der Waals surface area (Å²) in [5.74, 6) is 1.17. The van der Waals surface area contributed by atoms with Crippen molar-refractivity contribution in [2.75, 3.05) is 18.6 Å². The maximum absolute atomic E-state index is 13.0. The molecule has 0 spiro atoms. The fourth-order valence-corrected chi connectivity index (χ4v) is 4.47. The van der Waals surface area contributed by atoms with Crippen LogP contribution in [0.5, 0.6) is 5.75 Å². The number of hydrogen-bond donors (Lipinski definition) is 1. The molecule has 4 rings (SSSR count). The van der Waals surface area contributed by atoms with Gasteiger partial charge in [-0.1, -0.05) is 30.3 Å². The first-order valence-electron chi connectivity index (χ1n) is 10.5. The maximum Gasteiger partial charge on any atom is 0.230 e. The van der Waals surface area contributed by atoms with E-state index in [2.05, 4.69) is 11.4 Å². The van der Waals surface area contributed by atoms with Gasteiger partial charge in [0.05, 0.1) is 7.11 Å². The van der Waals surface area contributed by atoms with Crippen LogP contribution in [0.1, 0.15) is 36.8 Å². The van der Waals surface area contributed by atoms with Crippen molar-refractivity contribution in [2.24, 2.45) is 11.8 Å². The second kappa shape index (κ2) is 8.68. The molecule has 0 radical (unpaired) electrons. The van der Waals surface area contributed by atoms with Crippen LogP contribution in [0.25, 0.3) is 0 Å². The van der Waals surface area contributed by atoms with E-state index in [1.807, 2.05) is 47.4 Å². The van der Waals surface area contributed by atoms with E-state index >= 15 is 0 Å². The largest absolute Gasteiger partial charge is 0.497 e. The van der Waals surface area contributed by atoms with Crippen molar-refractivity contribution in [3.8, 4) is 5.75 Å². The molecular formula is C24H28N2O3. The summed E-state index contributed by atoms with van der Waals surface area (Å²) >= 11 is 0. The lowest BCUT2D eigenvalue weighted by Crippen LogP contribution is -2.39. The van der Waals surface area contributed by atoms with E-state index in [-0.39, 0.29) is 23.7 Å². The topological polar surface area (TPSA) is 58.6 Å². The van der Waals surface area contributed by atoms with E-state index < -0.39 is 0 Å². The molecule has 5 nitrogen and oxygen atoms in total. The number of amides is 2. The van der Waals surface area contributed by atoms with Crippen molar-refractivity contribution in [2.45, 2.75) is 38.6 Å². The average molecular weight is 392 g/mol. The number of rotatable bonds is 5. The minimum atomic E-state index is 0.00293. The molecular weight excluding hydrogens is 364 g/mol. The molecule has 1 fully saturated rings.